The van der Waals surface area contributed by atoms with Crippen LogP contribution < -0.4 is 4.72 Å². The number of nitrogens with zero attached hydrogens (tertiary/aromatic N) is 3. The summed E-state index contributed by atoms with van der Waals surface area (Å²) in [7, 11) is -3.46. The van der Waals surface area contributed by atoms with Crippen LogP contribution in [0.15, 0.2) is 28.2 Å². The molecule has 1 aromatic carbocycles. The Hall–Kier alpha value is -1.56. The Morgan fingerprint density at radius 1 is 1.32 bits per heavy atom. The molecule has 0 fully saturated rings. The predicted octanol–water partition coefficient (Wildman–Crippen LogP) is 2.67. The molecule has 0 bridgehead atoms. The first-order valence-corrected chi connectivity index (χ1v) is 7.53. The molecule has 0 aliphatic carbocycles. The van der Waals surface area contributed by atoms with E-state index in [1.165, 1.54) is 0 Å². The molecule has 1 rings (SSSR count). The van der Waals surface area contributed by atoms with Gasteiger partial charge in [-0.25, -0.2) is 13.1 Å². The summed E-state index contributed by atoms with van der Waals surface area (Å²) >= 11 is 0. The van der Waals surface area contributed by atoms with Crippen LogP contribution in [0.3, 0.4) is 0 Å². The van der Waals surface area contributed by atoms with Gasteiger partial charge in [0.15, 0.2) is 0 Å². The van der Waals surface area contributed by atoms with Crippen LogP contribution >= 0.6 is 0 Å². The molecule has 0 aliphatic heterocycles. The highest BCUT2D eigenvalue weighted by atomic mass is 32.2. The molecule has 0 radical (unpaired) electrons. The molecule has 0 heterocycles. The minimum absolute atomic E-state index is 0.322. The second-order valence-corrected chi connectivity index (χ2v) is 6.06. The van der Waals surface area contributed by atoms with Crippen LogP contribution in [0.1, 0.15) is 24.0 Å². The van der Waals surface area contributed by atoms with Crippen LogP contribution in [0.2, 0.25) is 0 Å². The fraction of sp³-hybridized carbons (Fsp3) is 0.500. The number of hydrogen-bond acceptors (Lipinski definition) is 3. The largest absolute Gasteiger partial charge is 0.240 e. The molecule has 0 spiro atoms. The van der Waals surface area contributed by atoms with Crippen LogP contribution in [-0.2, 0) is 10.0 Å². The fourth-order valence-corrected chi connectivity index (χ4v) is 3.03. The van der Waals surface area contributed by atoms with E-state index in [1.807, 2.05) is 13.0 Å². The molecular weight excluding hydrogens is 264 g/mol. The minimum Gasteiger partial charge on any atom is -0.211 e. The topological polar surface area (TPSA) is 94.9 Å². The van der Waals surface area contributed by atoms with E-state index in [0.29, 0.717) is 30.8 Å². The number of aryl methyl sites for hydroxylation is 2. The number of rotatable bonds is 7. The zero-order chi connectivity index (χ0) is 14.3. The molecule has 0 saturated heterocycles. The van der Waals surface area contributed by atoms with E-state index < -0.39 is 10.0 Å². The first-order chi connectivity index (χ1) is 8.97. The quantitative estimate of drug-likeness (QED) is 0.360. The summed E-state index contributed by atoms with van der Waals surface area (Å²) in [5.41, 5.74) is 9.74. The summed E-state index contributed by atoms with van der Waals surface area (Å²) in [6.45, 7) is 4.37. The highest BCUT2D eigenvalue weighted by Gasteiger charge is 2.15. The Morgan fingerprint density at radius 2 is 2.05 bits per heavy atom. The molecule has 0 aromatic heterocycles. The summed E-state index contributed by atoms with van der Waals surface area (Å²) in [5.74, 6) is 0. The maximum Gasteiger partial charge on any atom is 0.240 e. The van der Waals surface area contributed by atoms with Crippen molar-refractivity contribution in [1.82, 2.24) is 4.72 Å². The lowest BCUT2D eigenvalue weighted by atomic mass is 10.2. The van der Waals surface area contributed by atoms with Gasteiger partial charge in [0.05, 0.1) is 4.90 Å². The van der Waals surface area contributed by atoms with E-state index in [-0.39, 0.29) is 0 Å². The smallest absolute Gasteiger partial charge is 0.211 e. The van der Waals surface area contributed by atoms with E-state index in [4.69, 9.17) is 5.53 Å². The van der Waals surface area contributed by atoms with Gasteiger partial charge in [-0.1, -0.05) is 17.2 Å². The summed E-state index contributed by atoms with van der Waals surface area (Å²) in [5, 5.41) is 3.39. The van der Waals surface area contributed by atoms with Crippen LogP contribution in [-0.4, -0.2) is 21.5 Å². The Bertz CT molecular complexity index is 577. The number of benzene rings is 1. The van der Waals surface area contributed by atoms with E-state index in [1.54, 1.807) is 19.1 Å². The van der Waals surface area contributed by atoms with Gasteiger partial charge >= 0.3 is 0 Å². The van der Waals surface area contributed by atoms with Crippen LogP contribution in [0.5, 0.6) is 0 Å². The van der Waals surface area contributed by atoms with Crippen molar-refractivity contribution >= 4 is 10.0 Å². The lowest BCUT2D eigenvalue weighted by Gasteiger charge is -2.09. The summed E-state index contributed by atoms with van der Waals surface area (Å²) < 4.78 is 26.8. The molecule has 1 N–H and O–H groups in total. The highest BCUT2D eigenvalue weighted by molar-refractivity contribution is 7.89. The first-order valence-electron chi connectivity index (χ1n) is 6.05. The molecule has 6 nitrogen and oxygen atoms in total. The number of nitrogens with one attached hydrogen (secondary N) is 1. The highest BCUT2D eigenvalue weighted by Crippen LogP contribution is 2.16. The van der Waals surface area contributed by atoms with Gasteiger partial charge in [0, 0.05) is 18.0 Å². The summed E-state index contributed by atoms with van der Waals surface area (Å²) in [6.07, 6.45) is 1.31. The second kappa shape index (κ2) is 7.13. The van der Waals surface area contributed by atoms with E-state index >= 15 is 0 Å². The van der Waals surface area contributed by atoms with Gasteiger partial charge in [0.25, 0.3) is 0 Å². The monoisotopic (exact) mass is 282 g/mol. The van der Waals surface area contributed by atoms with Gasteiger partial charge in [-0.3, -0.25) is 0 Å². The molecule has 19 heavy (non-hydrogen) atoms. The van der Waals surface area contributed by atoms with Crippen molar-refractivity contribution in [2.24, 2.45) is 5.11 Å². The van der Waals surface area contributed by atoms with Gasteiger partial charge < -0.3 is 0 Å². The Labute approximate surface area is 113 Å². The Kier molecular flexibility index (Phi) is 5.82. The van der Waals surface area contributed by atoms with Crippen molar-refractivity contribution in [2.75, 3.05) is 13.1 Å². The van der Waals surface area contributed by atoms with Crippen LogP contribution in [0.25, 0.3) is 10.4 Å². The molecule has 104 valence electrons. The maximum atomic E-state index is 12.1. The van der Waals surface area contributed by atoms with Crippen molar-refractivity contribution in [2.45, 2.75) is 31.6 Å². The second-order valence-electron chi connectivity index (χ2n) is 4.33. The molecule has 0 amide bonds. The molecule has 0 unspecified atom stereocenters. The maximum absolute atomic E-state index is 12.1. The predicted molar refractivity (Wildman–Crippen MR) is 74.4 cm³/mol. The lowest BCUT2D eigenvalue weighted by Crippen LogP contribution is -2.25. The van der Waals surface area contributed by atoms with Crippen LogP contribution in [0.4, 0.5) is 0 Å². The summed E-state index contributed by atoms with van der Waals surface area (Å²) in [6, 6.07) is 5.34. The van der Waals surface area contributed by atoms with E-state index in [0.717, 1.165) is 11.1 Å². The summed E-state index contributed by atoms with van der Waals surface area (Å²) in [4.78, 5) is 2.96. The van der Waals surface area contributed by atoms with Gasteiger partial charge in [-0.2, -0.15) is 0 Å². The Balaban J connectivity index is 2.61. The third-order valence-electron chi connectivity index (χ3n) is 2.67. The Morgan fingerprint density at radius 3 is 2.74 bits per heavy atom. The van der Waals surface area contributed by atoms with Gasteiger partial charge in [0.2, 0.25) is 10.0 Å². The molecule has 0 atom stereocenters. The number of sulfonamides is 1. The van der Waals surface area contributed by atoms with Crippen molar-refractivity contribution in [3.05, 3.63) is 39.8 Å². The first kappa shape index (κ1) is 15.5. The van der Waals surface area contributed by atoms with Gasteiger partial charge in [0.1, 0.15) is 0 Å². The fourth-order valence-electron chi connectivity index (χ4n) is 1.63. The third kappa shape index (κ3) is 4.90. The van der Waals surface area contributed by atoms with Crippen LogP contribution in [0, 0.1) is 13.8 Å². The molecule has 1 aromatic rings. The lowest BCUT2D eigenvalue weighted by molar-refractivity contribution is 0.576. The van der Waals surface area contributed by atoms with Gasteiger partial charge in [-0.05, 0) is 49.4 Å². The van der Waals surface area contributed by atoms with Gasteiger partial charge in [-0.15, -0.1) is 0 Å². The van der Waals surface area contributed by atoms with Crippen molar-refractivity contribution in [3.63, 3.8) is 0 Å². The zero-order valence-corrected chi connectivity index (χ0v) is 11.9. The minimum atomic E-state index is -3.46. The zero-order valence-electron chi connectivity index (χ0n) is 11.1. The molecule has 0 aliphatic rings. The average molecular weight is 282 g/mol. The van der Waals surface area contributed by atoms with E-state index in [2.05, 4.69) is 14.7 Å². The molecule has 7 heteroatoms. The SMILES string of the molecule is Cc1ccc(C)c(S(=O)(=O)NCCCCN=[N+]=[N-])c1. The van der Waals surface area contributed by atoms with Crippen molar-refractivity contribution in [3.8, 4) is 0 Å². The third-order valence-corrected chi connectivity index (χ3v) is 4.28. The number of unbranched alkanes of at least 4 members (excludes halogenated alkanes) is 1. The van der Waals surface area contributed by atoms with E-state index in [9.17, 15) is 8.42 Å². The number of hydrogen-bond donors (Lipinski definition) is 1. The normalized spacial score (nSPS) is 11.1. The number of azide groups is 1. The standard InChI is InChI=1S/C12H18N4O2S/c1-10-5-6-11(2)12(9-10)19(17,18)15-8-4-3-7-14-16-13/h5-6,9,15H,3-4,7-8H2,1-2H3. The van der Waals surface area contributed by atoms with Crippen molar-refractivity contribution < 1.29 is 8.42 Å². The molecule has 0 saturated carbocycles. The van der Waals surface area contributed by atoms with Crippen molar-refractivity contribution in [1.29, 1.82) is 0 Å². The average Bonchev–Trinajstić information content (AvgIpc) is 2.36. The molecular formula is C12H18N4O2S.